The van der Waals surface area contributed by atoms with Crippen LogP contribution in [0, 0.1) is 6.92 Å². The van der Waals surface area contributed by atoms with E-state index >= 15 is 0 Å². The van der Waals surface area contributed by atoms with Crippen LogP contribution in [0.25, 0.3) is 10.9 Å². The quantitative estimate of drug-likeness (QED) is 0.706. The van der Waals surface area contributed by atoms with E-state index in [0.29, 0.717) is 16.5 Å². The molecule has 0 aliphatic rings. The summed E-state index contributed by atoms with van der Waals surface area (Å²) < 4.78 is 0. The van der Waals surface area contributed by atoms with E-state index in [2.05, 4.69) is 15.0 Å². The molecule has 0 fully saturated rings. The highest BCUT2D eigenvalue weighted by molar-refractivity contribution is 7.99. The van der Waals surface area contributed by atoms with Gasteiger partial charge < -0.3 is 10.7 Å². The van der Waals surface area contributed by atoms with Crippen LogP contribution >= 0.6 is 11.8 Å². The van der Waals surface area contributed by atoms with Crippen molar-refractivity contribution in [3.8, 4) is 0 Å². The number of H-pyrrole nitrogens is 1. The zero-order valence-electron chi connectivity index (χ0n) is 10.8. The molecule has 0 atom stereocenters. The number of anilines is 1. The van der Waals surface area contributed by atoms with Gasteiger partial charge >= 0.3 is 0 Å². The van der Waals surface area contributed by atoms with E-state index in [1.165, 1.54) is 17.8 Å². The minimum absolute atomic E-state index is 0.170. The topological polar surface area (TPSA) is 84.7 Å². The average molecular weight is 284 g/mol. The van der Waals surface area contributed by atoms with E-state index in [1.807, 2.05) is 24.3 Å². The predicted octanol–water partition coefficient (Wildman–Crippen LogP) is 2.36. The second-order valence-electron chi connectivity index (χ2n) is 4.35. The fraction of sp³-hybridized carbons (Fsp3) is 0.0714. The molecule has 3 rings (SSSR count). The van der Waals surface area contributed by atoms with Gasteiger partial charge in [0.2, 0.25) is 0 Å². The number of aromatic nitrogens is 3. The molecule has 20 heavy (non-hydrogen) atoms. The van der Waals surface area contributed by atoms with Gasteiger partial charge in [0.1, 0.15) is 0 Å². The minimum Gasteiger partial charge on any atom is -0.397 e. The summed E-state index contributed by atoms with van der Waals surface area (Å²) in [4.78, 5) is 23.7. The molecule has 0 spiro atoms. The molecular formula is C14H12N4OS. The summed E-state index contributed by atoms with van der Waals surface area (Å²) in [5, 5.41) is 1.47. The first-order valence-electron chi connectivity index (χ1n) is 6.02. The number of nitrogen functional groups attached to an aromatic ring is 1. The van der Waals surface area contributed by atoms with Crippen molar-refractivity contribution in [2.75, 3.05) is 5.73 Å². The lowest BCUT2D eigenvalue weighted by Crippen LogP contribution is -2.08. The van der Waals surface area contributed by atoms with Gasteiger partial charge in [-0.3, -0.25) is 9.78 Å². The number of hydrogen-bond donors (Lipinski definition) is 2. The molecule has 2 aromatic heterocycles. The van der Waals surface area contributed by atoms with E-state index in [0.717, 1.165) is 15.8 Å². The second kappa shape index (κ2) is 4.97. The number of nitrogens with two attached hydrogens (primary N) is 1. The number of para-hydroxylation sites is 1. The van der Waals surface area contributed by atoms with E-state index in [1.54, 1.807) is 13.1 Å². The number of pyridine rings is 1. The lowest BCUT2D eigenvalue weighted by molar-refractivity contribution is 0.906. The number of fused-ring (bicyclic) bond motifs is 1. The SMILES string of the molecule is Cc1cc(=O)[nH]c(Sc2c(N)cnc3ccccc23)n1. The number of nitrogens with one attached hydrogen (secondary N) is 1. The molecule has 0 saturated carbocycles. The summed E-state index contributed by atoms with van der Waals surface area (Å²) in [6.07, 6.45) is 1.62. The van der Waals surface area contributed by atoms with Crippen molar-refractivity contribution >= 4 is 28.4 Å². The molecule has 0 aliphatic carbocycles. The van der Waals surface area contributed by atoms with Gasteiger partial charge in [-0.15, -0.1) is 0 Å². The number of nitrogens with zero attached hydrogens (tertiary/aromatic N) is 2. The van der Waals surface area contributed by atoms with Crippen LogP contribution in [-0.2, 0) is 0 Å². The van der Waals surface area contributed by atoms with Crippen LogP contribution in [-0.4, -0.2) is 15.0 Å². The first-order chi connectivity index (χ1) is 9.63. The maximum atomic E-state index is 11.5. The third-order valence-corrected chi connectivity index (χ3v) is 3.85. The smallest absolute Gasteiger partial charge is 0.251 e. The van der Waals surface area contributed by atoms with Crippen LogP contribution in [0.15, 0.2) is 51.4 Å². The van der Waals surface area contributed by atoms with E-state index in [4.69, 9.17) is 5.73 Å². The molecule has 2 heterocycles. The molecule has 0 bridgehead atoms. The van der Waals surface area contributed by atoms with Crippen LogP contribution in [0.2, 0.25) is 0 Å². The normalized spacial score (nSPS) is 10.8. The number of rotatable bonds is 2. The Labute approximate surface area is 119 Å². The van der Waals surface area contributed by atoms with Crippen LogP contribution in [0.1, 0.15) is 5.69 Å². The molecule has 3 aromatic rings. The van der Waals surface area contributed by atoms with Crippen LogP contribution in [0.3, 0.4) is 0 Å². The van der Waals surface area contributed by atoms with Crippen LogP contribution in [0.4, 0.5) is 5.69 Å². The number of aryl methyl sites for hydroxylation is 1. The van der Waals surface area contributed by atoms with Crippen LogP contribution in [0.5, 0.6) is 0 Å². The summed E-state index contributed by atoms with van der Waals surface area (Å²) in [6.45, 7) is 1.79. The fourth-order valence-electron chi connectivity index (χ4n) is 1.94. The Balaban J connectivity index is 2.14. The first-order valence-corrected chi connectivity index (χ1v) is 6.84. The Bertz CT molecular complexity index is 844. The van der Waals surface area contributed by atoms with Gasteiger partial charge in [0.25, 0.3) is 5.56 Å². The molecule has 5 nitrogen and oxygen atoms in total. The molecule has 3 N–H and O–H groups in total. The van der Waals surface area contributed by atoms with Gasteiger partial charge in [-0.05, 0) is 24.8 Å². The molecule has 0 amide bonds. The molecule has 0 unspecified atom stereocenters. The van der Waals surface area contributed by atoms with Crippen LogP contribution < -0.4 is 11.3 Å². The molecule has 0 saturated heterocycles. The summed E-state index contributed by atoms with van der Waals surface area (Å²) in [5.74, 6) is 0. The minimum atomic E-state index is -0.170. The Morgan fingerprint density at radius 3 is 2.90 bits per heavy atom. The van der Waals surface area contributed by atoms with Crippen molar-refractivity contribution in [1.29, 1.82) is 0 Å². The monoisotopic (exact) mass is 284 g/mol. The summed E-state index contributed by atoms with van der Waals surface area (Å²) in [6, 6.07) is 9.19. The predicted molar refractivity (Wildman–Crippen MR) is 79.9 cm³/mol. The standard InChI is InChI=1S/C14H12N4OS/c1-8-6-12(19)18-14(17-8)20-13-9-4-2-3-5-11(9)16-7-10(13)15/h2-7H,15H2,1H3,(H,17,18,19). The lowest BCUT2D eigenvalue weighted by atomic mass is 10.2. The number of hydrogen-bond acceptors (Lipinski definition) is 5. The second-order valence-corrected chi connectivity index (χ2v) is 5.35. The van der Waals surface area contributed by atoms with Crippen molar-refractivity contribution < 1.29 is 0 Å². The molecule has 6 heteroatoms. The zero-order chi connectivity index (χ0) is 14.1. The summed E-state index contributed by atoms with van der Waals surface area (Å²) in [7, 11) is 0. The molecule has 0 radical (unpaired) electrons. The van der Waals surface area contributed by atoms with Crippen molar-refractivity contribution in [1.82, 2.24) is 15.0 Å². The highest BCUT2D eigenvalue weighted by Crippen LogP contribution is 2.34. The highest BCUT2D eigenvalue weighted by atomic mass is 32.2. The highest BCUT2D eigenvalue weighted by Gasteiger charge is 2.10. The van der Waals surface area contributed by atoms with Crippen molar-refractivity contribution in [2.24, 2.45) is 0 Å². The largest absolute Gasteiger partial charge is 0.397 e. The Hall–Kier alpha value is -2.34. The zero-order valence-corrected chi connectivity index (χ0v) is 11.6. The average Bonchev–Trinajstić information content (AvgIpc) is 2.41. The molecule has 0 aliphatic heterocycles. The third kappa shape index (κ3) is 2.37. The van der Waals surface area contributed by atoms with Gasteiger partial charge in [-0.2, -0.15) is 0 Å². The third-order valence-electron chi connectivity index (χ3n) is 2.80. The molecular weight excluding hydrogens is 272 g/mol. The summed E-state index contributed by atoms with van der Waals surface area (Å²) in [5.41, 5.74) is 7.94. The van der Waals surface area contributed by atoms with E-state index < -0.39 is 0 Å². The molecule has 100 valence electrons. The fourth-order valence-corrected chi connectivity index (χ4v) is 2.93. The van der Waals surface area contributed by atoms with E-state index in [-0.39, 0.29) is 5.56 Å². The number of benzene rings is 1. The van der Waals surface area contributed by atoms with Gasteiger partial charge in [0, 0.05) is 22.0 Å². The van der Waals surface area contributed by atoms with Gasteiger partial charge in [0.15, 0.2) is 5.16 Å². The first kappa shape index (κ1) is 12.7. The molecule has 1 aromatic carbocycles. The summed E-state index contributed by atoms with van der Waals surface area (Å²) >= 11 is 1.34. The number of aromatic amines is 1. The van der Waals surface area contributed by atoms with Crippen molar-refractivity contribution in [3.63, 3.8) is 0 Å². The maximum absolute atomic E-state index is 11.5. The van der Waals surface area contributed by atoms with E-state index in [9.17, 15) is 4.79 Å². The maximum Gasteiger partial charge on any atom is 0.251 e. The van der Waals surface area contributed by atoms with Crippen molar-refractivity contribution in [3.05, 3.63) is 52.6 Å². The Morgan fingerprint density at radius 2 is 2.10 bits per heavy atom. The van der Waals surface area contributed by atoms with Gasteiger partial charge in [-0.25, -0.2) is 4.98 Å². The Kier molecular flexibility index (Phi) is 3.15. The lowest BCUT2D eigenvalue weighted by Gasteiger charge is -2.08. The van der Waals surface area contributed by atoms with Gasteiger partial charge in [0.05, 0.1) is 17.4 Å². The van der Waals surface area contributed by atoms with Crippen molar-refractivity contribution in [2.45, 2.75) is 17.0 Å². The van der Waals surface area contributed by atoms with Gasteiger partial charge in [-0.1, -0.05) is 18.2 Å². The Morgan fingerprint density at radius 1 is 1.30 bits per heavy atom.